The van der Waals surface area contributed by atoms with Gasteiger partial charge < -0.3 is 122 Å². The maximum absolute atomic E-state index is 14.6. The van der Waals surface area contributed by atoms with E-state index < -0.39 is 278 Å². The van der Waals surface area contributed by atoms with Crippen molar-refractivity contribution in [2.24, 2.45) is 113 Å². The summed E-state index contributed by atoms with van der Waals surface area (Å²) in [6.07, 6.45) is -1.42. The minimum Gasteiger partial charge on any atom is -0.497 e. The van der Waals surface area contributed by atoms with Gasteiger partial charge >= 0.3 is 0 Å². The van der Waals surface area contributed by atoms with Gasteiger partial charge in [-0.1, -0.05) is 71.9 Å². The Morgan fingerprint density at radius 3 is 1.16 bits per heavy atom. The molecule has 0 aromatic heterocycles. The van der Waals surface area contributed by atoms with Crippen LogP contribution in [0.2, 0.25) is 0 Å². The maximum Gasteiger partial charge on any atom is 0.250 e. The van der Waals surface area contributed by atoms with Gasteiger partial charge in [0.15, 0.2) is 23.6 Å². The number of benzene rings is 1. The van der Waals surface area contributed by atoms with Crippen LogP contribution >= 0.6 is 0 Å². The van der Waals surface area contributed by atoms with Gasteiger partial charge in [0, 0.05) is 32.7 Å². The van der Waals surface area contributed by atoms with Crippen molar-refractivity contribution in [2.45, 2.75) is 355 Å². The van der Waals surface area contributed by atoms with Gasteiger partial charge in [-0.25, -0.2) is 94.9 Å². The van der Waals surface area contributed by atoms with Crippen molar-refractivity contribution in [3.8, 4) is 0 Å². The molecule has 0 radical (unpaired) electrons. The third kappa shape index (κ3) is 39.0. The number of carbonyl (C=O) groups is 1. The number of nitrogens with one attached hydrogen (secondary N) is 3. The fourth-order valence-corrected chi connectivity index (χ4v) is 12.7. The van der Waals surface area contributed by atoms with Crippen LogP contribution in [-0.4, -0.2) is 388 Å². The number of aliphatic hydroxyl groups excluding tert-OH is 23. The molecule has 1 saturated heterocycles. The van der Waals surface area contributed by atoms with E-state index in [1.54, 1.807) is 71.9 Å². The molecule has 1 amide bonds. The molecule has 1 aromatic rings. The normalized spacial score (nSPS) is 18.9. The lowest BCUT2D eigenvalue weighted by molar-refractivity contribution is -0.135. The van der Waals surface area contributed by atoms with E-state index in [0.29, 0.717) is 6.42 Å². The van der Waals surface area contributed by atoms with Gasteiger partial charge in [0.1, 0.15) is 111 Å². The van der Waals surface area contributed by atoms with E-state index in [2.05, 4.69) is 94.9 Å². The average Bonchev–Trinajstić information content (AvgIpc) is 1.77. The fourth-order valence-electron chi connectivity index (χ4n) is 12.7. The molecule has 1 aliphatic heterocycles. The van der Waals surface area contributed by atoms with Gasteiger partial charge in [-0.2, -0.15) is 0 Å². The average molecular weight is 1940 g/mol. The zero-order valence-corrected chi connectivity index (χ0v) is 83.3. The molecule has 0 aliphatic carbocycles. The fraction of sp³-hybridized carbons (Fsp3) is 0.678. The highest BCUT2D eigenvalue weighted by atomic mass is 16.3. The Labute approximate surface area is 798 Å². The van der Waals surface area contributed by atoms with E-state index in [4.69, 9.17) is 16.2 Å². The van der Waals surface area contributed by atoms with Crippen molar-refractivity contribution < 1.29 is 122 Å². The van der Waals surface area contributed by atoms with E-state index in [1.165, 1.54) is 143 Å². The number of rotatable bonds is 54. The molecule has 47 heteroatoms. The Bertz CT molecular complexity index is 4930. The van der Waals surface area contributed by atoms with Crippen LogP contribution in [0.1, 0.15) is 243 Å². The molecule has 1 aromatic carbocycles. The lowest BCUT2D eigenvalue weighted by Crippen LogP contribution is -2.50. The number of nitrogens with zero attached hydrogens (tertiary/aromatic N) is 20. The Hall–Kier alpha value is -13.0. The zero-order valence-electron chi connectivity index (χ0n) is 83.3. The van der Waals surface area contributed by atoms with Crippen LogP contribution in [0, 0.1) is 34.0 Å². The number of hydrogen-bond acceptors (Lipinski definition) is 24. The standard InChI is InChI=1S/C90H149N23O24/c1-45(2)41-57(71(126)109-90(25,26)82(137)113-40-30-33-58(113)72(127)103-63(46(3)4)73(128)111-89(23,24)81(136)112-88(21,22)79(134)102-55(35-38-60(92)117)69(124)101-54(34-37-59(91)116)68(123)98-53(44-114)42-52-31-28-27-29-32-52)99-62(119)43-94-75(130)83(11,12)110-74(129)64(47(5)6)104-80(135)87(19,20)108-70(125)56(36-39-61(93)118)100-65(120)48(7)95-77(132)85(15,16)106-67(122)50(9)97-78(133)86(17,18)107-66(121)49(8)96-76(131)84(13,14)105-51(10)115/h27-29,31-32,45-50,53-58,63-64,114H,30,33-44H2,1-26H3,(H2,91,116)(H2,92,117)(H2,93,118)(H,94,130)(H,95,132)(H,96,131)(H,97,133)(H,98,123)(H,99,119)(H,100,120)(H,101,124)(H,102,134)(H,103,127)(H,104,135)(H,105,115)(H,106,122)(H,107,121)(H,108,125)(H,109,126)(H,110,129)(H,111,128)(H,112,136). The molecule has 0 spiro atoms. The summed E-state index contributed by atoms with van der Waals surface area (Å²) < 4.78 is 0. The van der Waals surface area contributed by atoms with Crippen molar-refractivity contribution in [3.05, 3.63) is 35.9 Å². The molecular weight excluding hydrogens is 1790 g/mol. The largest absolute Gasteiger partial charge is 0.497 e. The number of hydrogen-bond donors (Lipinski definition) is 26. The van der Waals surface area contributed by atoms with Crippen molar-refractivity contribution in [1.29, 1.82) is 16.2 Å². The molecule has 11 atom stereocenters. The van der Waals surface area contributed by atoms with Crippen LogP contribution in [0.5, 0.6) is 0 Å². The topological polar surface area (TPSA) is 792 Å². The summed E-state index contributed by atoms with van der Waals surface area (Å²) in [7, 11) is 0. The molecule has 0 bridgehead atoms. The van der Waals surface area contributed by atoms with Crippen molar-refractivity contribution in [3.63, 3.8) is 0 Å². The Morgan fingerprint density at radius 1 is 0.380 bits per heavy atom. The van der Waals surface area contributed by atoms with Crippen molar-refractivity contribution in [1.82, 2.24) is 4.90 Å². The highest BCUT2D eigenvalue weighted by Gasteiger charge is 2.44. The Morgan fingerprint density at radius 2 is 0.730 bits per heavy atom. The molecule has 11 unspecified atom stereocenters. The first-order valence-corrected chi connectivity index (χ1v) is 44.6. The molecule has 1 heterocycles. The minimum absolute atomic E-state index is 0.0457. The minimum atomic E-state index is -1.88. The first-order chi connectivity index (χ1) is 62.7. The van der Waals surface area contributed by atoms with E-state index in [0.717, 1.165) is 5.56 Å². The molecule has 137 heavy (non-hydrogen) atoms. The SMILES string of the molecule is CC(O)=NC(C)(C)C(O)=NC(C)C(O)=NC(C)(C)C(O)=NC(C)C(O)=NC(C)(C)C(O)=NC(C)C(O)=NC(CCC(=N)O)C(O)=NC(C)(C)C(O)=NC(C(O)=NC(C)(C)C(O)=NCC(O)=NC(CC(C)C)C(O)=NC(C)(C)C(=O)N1CCCC1C(O)=NC(C(O)=NC(C)(C)C(O)=NC(C)(C)C(O)=NC(CCC(=N)O)C(O)=NC(CCC(=N)O)C(O)=NC(CO)Cc1ccccc1)C(C)C)C(C)C. The van der Waals surface area contributed by atoms with Crippen molar-refractivity contribution >= 4 is 136 Å². The maximum atomic E-state index is 14.6. The van der Waals surface area contributed by atoms with E-state index in [-0.39, 0.29) is 63.3 Å². The molecule has 2 rings (SSSR count). The van der Waals surface area contributed by atoms with Gasteiger partial charge in [-0.05, 0) is 200 Å². The van der Waals surface area contributed by atoms with Gasteiger partial charge in [0.2, 0.25) is 106 Å². The molecule has 768 valence electrons. The van der Waals surface area contributed by atoms with Gasteiger partial charge in [-0.15, -0.1) is 0 Å². The first-order valence-electron chi connectivity index (χ1n) is 44.6. The summed E-state index contributed by atoms with van der Waals surface area (Å²) in [5.74, 6) is -18.3. The first kappa shape index (κ1) is 120. The second kappa shape index (κ2) is 51.2. The highest BCUT2D eigenvalue weighted by molar-refractivity contribution is 6.00. The summed E-state index contributed by atoms with van der Waals surface area (Å²) in [5, 5.41) is 276. The monoisotopic (exact) mass is 1940 g/mol. The molecule has 0 saturated carbocycles. The second-order valence-electron chi connectivity index (χ2n) is 38.5. The number of aliphatic imine (C=N–C) groups is 19. The highest BCUT2D eigenvalue weighted by Crippen LogP contribution is 2.30. The predicted octanol–water partition coefficient (Wildman–Crippen LogP) is 13.7. The number of aliphatic hydroxyl groups is 23. The van der Waals surface area contributed by atoms with Crippen LogP contribution in [0.15, 0.2) is 125 Å². The van der Waals surface area contributed by atoms with Gasteiger partial charge in [0.05, 0.1) is 12.6 Å². The Kier molecular flexibility index (Phi) is 44.9. The molecular formula is C90H149N23O24. The smallest absolute Gasteiger partial charge is 0.250 e. The van der Waals surface area contributed by atoms with Gasteiger partial charge in [-0.3, -0.25) is 21.0 Å². The van der Waals surface area contributed by atoms with Crippen LogP contribution in [0.3, 0.4) is 0 Å². The molecule has 1 fully saturated rings. The summed E-state index contributed by atoms with van der Waals surface area (Å²) in [4.78, 5) is 95.3. The second-order valence-corrected chi connectivity index (χ2v) is 38.5. The predicted molar refractivity (Wildman–Crippen MR) is 539 cm³/mol. The number of carbonyl (C=O) groups excluding carboxylic acids is 1. The molecule has 1 aliphatic rings. The van der Waals surface area contributed by atoms with Crippen LogP contribution in [-0.2, 0) is 11.2 Å². The Balaban J connectivity index is 2.52. The molecule has 47 nitrogen and oxygen atoms in total. The summed E-state index contributed by atoms with van der Waals surface area (Å²) in [6, 6.07) is -5.54. The van der Waals surface area contributed by atoms with Crippen molar-refractivity contribution in [2.75, 3.05) is 19.7 Å². The third-order valence-electron chi connectivity index (χ3n) is 21.0. The number of likely N-dealkylation sites (tertiary alicyclic amines) is 1. The van der Waals surface area contributed by atoms with Crippen LogP contribution < -0.4 is 0 Å². The third-order valence-corrected chi connectivity index (χ3v) is 21.0. The van der Waals surface area contributed by atoms with E-state index in [9.17, 15) is 122 Å². The lowest BCUT2D eigenvalue weighted by atomic mass is 10.0. The summed E-state index contributed by atoms with van der Waals surface area (Å²) in [6.45, 7) is 35.9. The van der Waals surface area contributed by atoms with E-state index >= 15 is 0 Å². The van der Waals surface area contributed by atoms with Gasteiger partial charge in [0.25, 0.3) is 5.91 Å². The summed E-state index contributed by atoms with van der Waals surface area (Å²) >= 11 is 0. The summed E-state index contributed by atoms with van der Waals surface area (Å²) in [5.41, 5.74) is -13.1. The number of amides is 1. The lowest BCUT2D eigenvalue weighted by Gasteiger charge is -2.31. The van der Waals surface area contributed by atoms with Crippen LogP contribution in [0.25, 0.3) is 0 Å². The van der Waals surface area contributed by atoms with E-state index in [1.807, 2.05) is 0 Å². The molecule has 26 N–H and O–H groups in total. The zero-order chi connectivity index (χ0) is 106. The van der Waals surface area contributed by atoms with Crippen LogP contribution in [0.4, 0.5) is 0 Å². The quantitative estimate of drug-likeness (QED) is 0.0213.